The maximum absolute atomic E-state index is 11.6. The second-order valence-corrected chi connectivity index (χ2v) is 7.30. The fraction of sp³-hybridized carbons (Fsp3) is 0.188. The van der Waals surface area contributed by atoms with Gasteiger partial charge in [-0.15, -0.1) is 11.3 Å². The van der Waals surface area contributed by atoms with Crippen molar-refractivity contribution in [3.05, 3.63) is 62.9 Å². The molecule has 3 aromatic rings. The second-order valence-electron chi connectivity index (χ2n) is 5.39. The highest BCUT2D eigenvalue weighted by Gasteiger charge is 2.23. The molecule has 0 saturated heterocycles. The molecule has 8 heteroatoms. The van der Waals surface area contributed by atoms with Gasteiger partial charge >= 0.3 is 5.97 Å². The van der Waals surface area contributed by atoms with Crippen LogP contribution in [0.25, 0.3) is 0 Å². The van der Waals surface area contributed by atoms with Crippen LogP contribution in [0, 0.1) is 0 Å². The molecule has 0 saturated carbocycles. The van der Waals surface area contributed by atoms with Crippen molar-refractivity contribution in [2.45, 2.75) is 18.9 Å². The van der Waals surface area contributed by atoms with Crippen LogP contribution in [-0.4, -0.2) is 25.6 Å². The van der Waals surface area contributed by atoms with E-state index in [9.17, 15) is 9.90 Å². The van der Waals surface area contributed by atoms with E-state index >= 15 is 0 Å². The minimum atomic E-state index is -0.907. The first-order valence-corrected chi connectivity index (χ1v) is 8.86. The van der Waals surface area contributed by atoms with Crippen molar-refractivity contribution in [2.24, 2.45) is 0 Å². The van der Waals surface area contributed by atoms with Crippen LogP contribution < -0.4 is 5.73 Å². The minimum absolute atomic E-state index is 0.324. The third kappa shape index (κ3) is 4.01. The first-order chi connectivity index (χ1) is 11.5. The number of imidazole rings is 1. The molecule has 0 fully saturated rings. The molecule has 1 atom stereocenters. The van der Waals surface area contributed by atoms with Gasteiger partial charge < -0.3 is 15.4 Å². The van der Waals surface area contributed by atoms with Gasteiger partial charge in [0.1, 0.15) is 11.7 Å². The number of hydrogen-bond acceptors (Lipinski definition) is 5. The number of carbonyl (C=O) groups is 1. The molecule has 3 heterocycles. The molecule has 0 aromatic carbocycles. The fourth-order valence-electron chi connectivity index (χ4n) is 2.37. The van der Waals surface area contributed by atoms with Gasteiger partial charge in [0.15, 0.2) is 0 Å². The summed E-state index contributed by atoms with van der Waals surface area (Å²) < 4.78 is 2.94. The molecule has 3 N–H and O–H groups in total. The van der Waals surface area contributed by atoms with E-state index in [1.165, 1.54) is 4.88 Å². The van der Waals surface area contributed by atoms with Crippen molar-refractivity contribution in [1.29, 1.82) is 0 Å². The number of nitrogens with zero attached hydrogens (tertiary/aromatic N) is 3. The summed E-state index contributed by atoms with van der Waals surface area (Å²) >= 11 is 5.07. The Labute approximate surface area is 151 Å². The van der Waals surface area contributed by atoms with Gasteiger partial charge in [0.05, 0.1) is 18.6 Å². The van der Waals surface area contributed by atoms with E-state index in [0.717, 1.165) is 10.0 Å². The van der Waals surface area contributed by atoms with Crippen LogP contribution in [0.3, 0.4) is 0 Å². The number of rotatable bonds is 6. The molecule has 0 spiro atoms. The predicted octanol–water partition coefficient (Wildman–Crippen LogP) is 3.14. The second kappa shape index (κ2) is 7.14. The number of nitrogens with two attached hydrogens (primary N) is 1. The number of hydrogen-bond donors (Lipinski definition) is 2. The van der Waals surface area contributed by atoms with Crippen molar-refractivity contribution < 1.29 is 9.90 Å². The molecule has 0 bridgehead atoms. The van der Waals surface area contributed by atoms with Crippen LogP contribution in [0.5, 0.6) is 0 Å². The van der Waals surface area contributed by atoms with Gasteiger partial charge in [-0.05, 0) is 40.0 Å². The number of carboxylic acid groups (broad SMARTS) is 1. The molecule has 3 aromatic heterocycles. The molecule has 0 radical (unpaired) electrons. The molecule has 3 rings (SSSR count). The van der Waals surface area contributed by atoms with Crippen molar-refractivity contribution >= 4 is 39.1 Å². The van der Waals surface area contributed by atoms with Crippen LogP contribution in [0.1, 0.15) is 22.1 Å². The Balaban J connectivity index is 1.76. The Morgan fingerprint density at radius 2 is 2.25 bits per heavy atom. The summed E-state index contributed by atoms with van der Waals surface area (Å²) in [7, 11) is 0. The quantitative estimate of drug-likeness (QED) is 0.655. The van der Waals surface area contributed by atoms with E-state index in [-0.39, 0.29) is 0 Å². The Hall–Kier alpha value is -2.19. The average molecular weight is 407 g/mol. The maximum Gasteiger partial charge on any atom is 0.312 e. The van der Waals surface area contributed by atoms with Crippen LogP contribution >= 0.6 is 27.3 Å². The van der Waals surface area contributed by atoms with E-state index in [4.69, 9.17) is 5.73 Å². The Kier molecular flexibility index (Phi) is 4.96. The number of nitrogen functional groups attached to an aromatic ring is 1. The highest BCUT2D eigenvalue weighted by Crippen LogP contribution is 2.23. The zero-order chi connectivity index (χ0) is 17.1. The van der Waals surface area contributed by atoms with E-state index < -0.39 is 11.9 Å². The third-order valence-electron chi connectivity index (χ3n) is 3.56. The zero-order valence-electron chi connectivity index (χ0n) is 12.6. The van der Waals surface area contributed by atoms with Gasteiger partial charge in [0.2, 0.25) is 0 Å². The van der Waals surface area contributed by atoms with Gasteiger partial charge in [-0.2, -0.15) is 0 Å². The van der Waals surface area contributed by atoms with Gasteiger partial charge in [-0.1, -0.05) is 6.07 Å². The normalized spacial score (nSPS) is 12.2. The number of thiophene rings is 1. The molecular formula is C16H15BrN4O2S. The topological polar surface area (TPSA) is 94.0 Å². The summed E-state index contributed by atoms with van der Waals surface area (Å²) in [4.78, 5) is 21.1. The molecule has 1 unspecified atom stereocenters. The molecule has 0 aliphatic carbocycles. The summed E-state index contributed by atoms with van der Waals surface area (Å²) in [5.74, 6) is -1.21. The van der Waals surface area contributed by atoms with E-state index in [2.05, 4.69) is 25.9 Å². The average Bonchev–Trinajstić information content (AvgIpc) is 3.16. The third-order valence-corrected chi connectivity index (χ3v) is 5.24. The molecule has 124 valence electrons. The van der Waals surface area contributed by atoms with E-state index in [1.54, 1.807) is 42.2 Å². The summed E-state index contributed by atoms with van der Waals surface area (Å²) in [5.41, 5.74) is 6.91. The minimum Gasteiger partial charge on any atom is -0.481 e. The predicted molar refractivity (Wildman–Crippen MR) is 96.1 cm³/mol. The number of anilines is 1. The maximum atomic E-state index is 11.6. The van der Waals surface area contributed by atoms with Crippen molar-refractivity contribution in [2.75, 3.05) is 5.73 Å². The van der Waals surface area contributed by atoms with Gasteiger partial charge in [0.25, 0.3) is 0 Å². The standard InChI is InChI=1S/C16H15BrN4O2S/c17-11-4-12(24-8-11)6-21-7-14(20-9-21)13(16(22)23)3-10-1-2-15(18)19-5-10/h1-2,4-5,7-9,13H,3,6H2,(H2,18,19)(H,22,23). The lowest BCUT2D eigenvalue weighted by Crippen LogP contribution is -2.15. The van der Waals surface area contributed by atoms with Crippen LogP contribution in [0.4, 0.5) is 5.82 Å². The van der Waals surface area contributed by atoms with E-state index in [0.29, 0.717) is 24.5 Å². The number of aromatic nitrogens is 3. The van der Waals surface area contributed by atoms with Crippen molar-refractivity contribution in [3.63, 3.8) is 0 Å². The van der Waals surface area contributed by atoms with Crippen molar-refractivity contribution in [3.8, 4) is 0 Å². The SMILES string of the molecule is Nc1ccc(CC(C(=O)O)c2cn(Cc3cc(Br)cs3)cn2)cn1. The number of aliphatic carboxylic acids is 1. The highest BCUT2D eigenvalue weighted by atomic mass is 79.9. The van der Waals surface area contributed by atoms with Gasteiger partial charge in [-0.25, -0.2) is 9.97 Å². The number of carboxylic acids is 1. The largest absolute Gasteiger partial charge is 0.481 e. The van der Waals surface area contributed by atoms with Crippen LogP contribution in [0.2, 0.25) is 0 Å². The molecule has 0 aliphatic heterocycles. The molecular weight excluding hydrogens is 392 g/mol. The summed E-state index contributed by atoms with van der Waals surface area (Å²) in [5, 5.41) is 11.6. The van der Waals surface area contributed by atoms with Gasteiger partial charge in [0, 0.05) is 27.1 Å². The van der Waals surface area contributed by atoms with Crippen LogP contribution in [-0.2, 0) is 17.8 Å². The molecule has 0 aliphatic rings. The van der Waals surface area contributed by atoms with Crippen LogP contribution in [0.15, 0.2) is 46.8 Å². The summed E-state index contributed by atoms with van der Waals surface area (Å²) in [6.45, 7) is 0.666. The van der Waals surface area contributed by atoms with E-state index in [1.807, 2.05) is 16.0 Å². The molecule has 24 heavy (non-hydrogen) atoms. The first-order valence-electron chi connectivity index (χ1n) is 7.19. The lowest BCUT2D eigenvalue weighted by atomic mass is 9.98. The monoisotopic (exact) mass is 406 g/mol. The lowest BCUT2D eigenvalue weighted by Gasteiger charge is -2.09. The first kappa shape index (κ1) is 16.7. The molecule has 6 nitrogen and oxygen atoms in total. The Morgan fingerprint density at radius 1 is 1.42 bits per heavy atom. The van der Waals surface area contributed by atoms with Gasteiger partial charge in [-0.3, -0.25) is 4.79 Å². The molecule has 0 amide bonds. The highest BCUT2D eigenvalue weighted by molar-refractivity contribution is 9.10. The number of halogens is 1. The fourth-order valence-corrected chi connectivity index (χ4v) is 3.83. The lowest BCUT2D eigenvalue weighted by molar-refractivity contribution is -0.138. The zero-order valence-corrected chi connectivity index (χ0v) is 15.0. The number of pyridine rings is 1. The smallest absolute Gasteiger partial charge is 0.312 e. The Morgan fingerprint density at radius 3 is 2.88 bits per heavy atom. The summed E-state index contributed by atoms with van der Waals surface area (Å²) in [6, 6.07) is 5.50. The Bertz CT molecular complexity index is 844. The van der Waals surface area contributed by atoms with Crippen molar-refractivity contribution in [1.82, 2.24) is 14.5 Å². The summed E-state index contributed by atoms with van der Waals surface area (Å²) in [6.07, 6.45) is 5.38.